The van der Waals surface area contributed by atoms with Crippen molar-refractivity contribution in [2.45, 2.75) is 38.0 Å². The molecule has 0 bridgehead atoms. The average molecular weight is 371 g/mol. The fourth-order valence-electron chi connectivity index (χ4n) is 3.19. The van der Waals surface area contributed by atoms with Crippen molar-refractivity contribution in [1.82, 2.24) is 19.5 Å². The Morgan fingerprint density at radius 3 is 3.08 bits per heavy atom. The molecule has 0 radical (unpaired) electrons. The van der Waals surface area contributed by atoms with Gasteiger partial charge in [-0.05, 0) is 13.8 Å². The summed E-state index contributed by atoms with van der Waals surface area (Å²) in [6.45, 7) is 5.76. The minimum absolute atomic E-state index is 0.0188. The van der Waals surface area contributed by atoms with Crippen LogP contribution in [0.4, 0.5) is 10.3 Å². The number of hydrogen-bond acceptors (Lipinski definition) is 8. The standard InChI is InChI=1S/C14H19FN5O4P/c1-4-21-11-8-10(18-13(16)19-11)20(6-17-8)12-14(2,15)9-7(23-12)5-22-25(3)24-9/h6-7,9,12H,4-5H2,1-3H3,(H2,16,18,19)/t7-,9-,12-,14-,25+/m1/s1. The van der Waals surface area contributed by atoms with Crippen molar-refractivity contribution in [2.24, 2.45) is 0 Å². The summed E-state index contributed by atoms with van der Waals surface area (Å²) < 4.78 is 39.6. The van der Waals surface area contributed by atoms with Crippen molar-refractivity contribution in [3.05, 3.63) is 6.33 Å². The molecular weight excluding hydrogens is 352 g/mol. The zero-order chi connectivity index (χ0) is 17.8. The number of nitrogens with zero attached hydrogens (tertiary/aromatic N) is 4. The summed E-state index contributed by atoms with van der Waals surface area (Å²) in [6.07, 6.45) is -0.732. The predicted molar refractivity (Wildman–Crippen MR) is 88.0 cm³/mol. The van der Waals surface area contributed by atoms with Crippen molar-refractivity contribution in [3.8, 4) is 5.88 Å². The molecule has 25 heavy (non-hydrogen) atoms. The van der Waals surface area contributed by atoms with Crippen LogP contribution in [0.1, 0.15) is 20.1 Å². The molecule has 2 aliphatic rings. The number of alkyl halides is 1. The number of aromatic nitrogens is 4. The van der Waals surface area contributed by atoms with Gasteiger partial charge in [0.2, 0.25) is 11.8 Å². The molecule has 0 aromatic carbocycles. The Labute approximate surface area is 144 Å². The third kappa shape index (κ3) is 2.64. The first kappa shape index (κ1) is 16.8. The van der Waals surface area contributed by atoms with Crippen LogP contribution < -0.4 is 10.5 Å². The van der Waals surface area contributed by atoms with Crippen molar-refractivity contribution >= 4 is 25.5 Å². The van der Waals surface area contributed by atoms with E-state index >= 15 is 4.39 Å². The molecule has 2 aliphatic heterocycles. The lowest BCUT2D eigenvalue weighted by molar-refractivity contribution is -0.0564. The number of imidazole rings is 1. The third-order valence-electron chi connectivity index (χ3n) is 4.30. The van der Waals surface area contributed by atoms with E-state index in [4.69, 9.17) is 24.3 Å². The predicted octanol–water partition coefficient (Wildman–Crippen LogP) is 1.79. The number of nitrogen functional groups attached to an aromatic ring is 1. The van der Waals surface area contributed by atoms with Gasteiger partial charge in [-0.25, -0.2) is 9.37 Å². The maximum absolute atomic E-state index is 15.6. The largest absolute Gasteiger partial charge is 0.476 e. The van der Waals surface area contributed by atoms with Gasteiger partial charge in [-0.1, -0.05) is 0 Å². The smallest absolute Gasteiger partial charge is 0.247 e. The van der Waals surface area contributed by atoms with Gasteiger partial charge < -0.3 is 24.3 Å². The molecule has 2 N–H and O–H groups in total. The summed E-state index contributed by atoms with van der Waals surface area (Å²) >= 11 is 0. The fourth-order valence-corrected chi connectivity index (χ4v) is 4.27. The molecule has 0 saturated carbocycles. The zero-order valence-electron chi connectivity index (χ0n) is 14.0. The highest BCUT2D eigenvalue weighted by Crippen LogP contribution is 2.52. The SMILES string of the molecule is CCOc1nc(N)nc2c1ncn2[C@@H]1O[C@@H]2CO[P@](C)O[C@H]2[C@@]1(C)F. The summed E-state index contributed by atoms with van der Waals surface area (Å²) in [7, 11) is -1.12. The van der Waals surface area contributed by atoms with Gasteiger partial charge in [-0.3, -0.25) is 4.57 Å². The van der Waals surface area contributed by atoms with Crippen LogP contribution in [0.3, 0.4) is 0 Å². The number of nitrogens with two attached hydrogens (primary N) is 1. The lowest BCUT2D eigenvalue weighted by Gasteiger charge is -2.32. The minimum atomic E-state index is -1.79. The quantitative estimate of drug-likeness (QED) is 0.814. The second-order valence-corrected chi connectivity index (χ2v) is 7.43. The van der Waals surface area contributed by atoms with Crippen LogP contribution in [0, 0.1) is 0 Å². The van der Waals surface area contributed by atoms with E-state index in [0.717, 1.165) is 0 Å². The van der Waals surface area contributed by atoms with E-state index in [2.05, 4.69) is 15.0 Å². The van der Waals surface area contributed by atoms with E-state index in [9.17, 15) is 0 Å². The van der Waals surface area contributed by atoms with E-state index < -0.39 is 32.5 Å². The fraction of sp³-hybridized carbons (Fsp3) is 0.643. The summed E-state index contributed by atoms with van der Waals surface area (Å²) in [5, 5.41) is 0. The molecule has 5 atom stereocenters. The van der Waals surface area contributed by atoms with Crippen LogP contribution in [0.15, 0.2) is 6.33 Å². The number of hydrogen-bond donors (Lipinski definition) is 1. The normalized spacial score (nSPS) is 35.0. The van der Waals surface area contributed by atoms with Crippen LogP contribution in [0.5, 0.6) is 5.88 Å². The van der Waals surface area contributed by atoms with E-state index in [0.29, 0.717) is 17.8 Å². The molecule has 2 fully saturated rings. The monoisotopic (exact) mass is 371 g/mol. The Morgan fingerprint density at radius 2 is 2.32 bits per heavy atom. The Kier molecular flexibility index (Phi) is 4.03. The maximum Gasteiger partial charge on any atom is 0.247 e. The van der Waals surface area contributed by atoms with Crippen LogP contribution in [0.25, 0.3) is 11.2 Å². The molecule has 2 aromatic rings. The molecule has 4 heterocycles. The number of ether oxygens (including phenoxy) is 2. The molecule has 0 spiro atoms. The van der Waals surface area contributed by atoms with Gasteiger partial charge in [0.1, 0.15) is 12.2 Å². The van der Waals surface area contributed by atoms with Crippen LogP contribution >= 0.6 is 8.38 Å². The number of rotatable bonds is 3. The summed E-state index contributed by atoms with van der Waals surface area (Å²) in [4.78, 5) is 12.5. The molecule has 2 saturated heterocycles. The molecule has 0 unspecified atom stereocenters. The molecule has 2 aromatic heterocycles. The number of halogens is 1. The van der Waals surface area contributed by atoms with Crippen molar-refractivity contribution in [2.75, 3.05) is 25.6 Å². The Balaban J connectivity index is 1.77. The van der Waals surface area contributed by atoms with E-state index in [1.807, 2.05) is 6.92 Å². The van der Waals surface area contributed by atoms with Gasteiger partial charge in [0, 0.05) is 6.66 Å². The number of fused-ring (bicyclic) bond motifs is 2. The van der Waals surface area contributed by atoms with Crippen molar-refractivity contribution < 1.29 is 22.9 Å². The van der Waals surface area contributed by atoms with Crippen LogP contribution in [-0.4, -0.2) is 57.3 Å². The Hall–Kier alpha value is -1.61. The summed E-state index contributed by atoms with van der Waals surface area (Å²) in [5.74, 6) is 0.279. The molecular formula is C14H19FN5O4P. The highest BCUT2D eigenvalue weighted by atomic mass is 31.2. The first-order valence-corrected chi connectivity index (χ1v) is 9.55. The van der Waals surface area contributed by atoms with Gasteiger partial charge >= 0.3 is 0 Å². The van der Waals surface area contributed by atoms with Crippen LogP contribution in [0.2, 0.25) is 0 Å². The van der Waals surface area contributed by atoms with Gasteiger partial charge in [0.05, 0.1) is 19.5 Å². The summed E-state index contributed by atoms with van der Waals surface area (Å²) in [6, 6.07) is 0. The number of anilines is 1. The first-order chi connectivity index (χ1) is 11.9. The minimum Gasteiger partial charge on any atom is -0.476 e. The van der Waals surface area contributed by atoms with Crippen LogP contribution in [-0.2, 0) is 13.8 Å². The highest BCUT2D eigenvalue weighted by molar-refractivity contribution is 7.46. The van der Waals surface area contributed by atoms with Crippen molar-refractivity contribution in [3.63, 3.8) is 0 Å². The molecule has 4 rings (SSSR count). The first-order valence-electron chi connectivity index (χ1n) is 7.92. The van der Waals surface area contributed by atoms with Gasteiger partial charge in [0.15, 0.2) is 31.4 Å². The zero-order valence-corrected chi connectivity index (χ0v) is 14.9. The molecule has 136 valence electrons. The van der Waals surface area contributed by atoms with Gasteiger partial charge in [-0.2, -0.15) is 9.97 Å². The summed E-state index contributed by atoms with van der Waals surface area (Å²) in [5.41, 5.74) is 4.73. The Morgan fingerprint density at radius 1 is 1.52 bits per heavy atom. The lowest BCUT2D eigenvalue weighted by Crippen LogP contribution is -2.43. The Bertz CT molecular complexity index is 803. The maximum atomic E-state index is 15.6. The van der Waals surface area contributed by atoms with E-state index in [-0.39, 0.29) is 18.4 Å². The molecule has 0 aliphatic carbocycles. The van der Waals surface area contributed by atoms with Gasteiger partial charge in [0.25, 0.3) is 0 Å². The molecule has 0 amide bonds. The topological polar surface area (TPSA) is 107 Å². The van der Waals surface area contributed by atoms with Gasteiger partial charge in [-0.15, -0.1) is 0 Å². The molecule has 11 heteroatoms. The van der Waals surface area contributed by atoms with Crippen molar-refractivity contribution in [1.29, 1.82) is 0 Å². The molecule has 9 nitrogen and oxygen atoms in total. The second-order valence-electron chi connectivity index (χ2n) is 6.08. The van der Waals surface area contributed by atoms with E-state index in [1.54, 1.807) is 6.66 Å². The third-order valence-corrected chi connectivity index (χ3v) is 5.34. The lowest BCUT2D eigenvalue weighted by atomic mass is 9.98. The second kappa shape index (κ2) is 5.98. The average Bonchev–Trinajstić information content (AvgIpc) is 3.07. The van der Waals surface area contributed by atoms with E-state index in [1.165, 1.54) is 17.8 Å². The highest BCUT2D eigenvalue weighted by Gasteiger charge is 2.59.